The first-order valence-electron chi connectivity index (χ1n) is 6.86. The molecular formula is C14H16ClF3N6. The summed E-state index contributed by atoms with van der Waals surface area (Å²) in [5.74, 6) is 0.589. The molecule has 0 saturated carbocycles. The van der Waals surface area contributed by atoms with Crippen molar-refractivity contribution in [1.82, 2.24) is 15.0 Å². The molecular weight excluding hydrogens is 345 g/mol. The average Bonchev–Trinajstić information content (AvgIpc) is 2.42. The normalized spacial score (nSPS) is 12.1. The van der Waals surface area contributed by atoms with Crippen LogP contribution in [-0.2, 0) is 6.18 Å². The van der Waals surface area contributed by atoms with Gasteiger partial charge < -0.3 is 16.4 Å². The van der Waals surface area contributed by atoms with Crippen molar-refractivity contribution in [2.45, 2.75) is 32.5 Å². The predicted molar refractivity (Wildman–Crippen MR) is 87.4 cm³/mol. The highest BCUT2D eigenvalue weighted by atomic mass is 35.5. The number of hydrogen-bond acceptors (Lipinski definition) is 6. The Balaban J connectivity index is 2.30. The van der Waals surface area contributed by atoms with Gasteiger partial charge >= 0.3 is 6.18 Å². The van der Waals surface area contributed by atoms with Crippen LogP contribution in [0.25, 0.3) is 0 Å². The molecule has 24 heavy (non-hydrogen) atoms. The molecule has 130 valence electrons. The maximum Gasteiger partial charge on any atom is 0.417 e. The summed E-state index contributed by atoms with van der Waals surface area (Å²) in [5, 5.41) is 5.62. The van der Waals surface area contributed by atoms with E-state index < -0.39 is 11.7 Å². The summed E-state index contributed by atoms with van der Waals surface area (Å²) >= 11 is 5.86. The number of halogens is 4. The maximum absolute atomic E-state index is 12.6. The lowest BCUT2D eigenvalue weighted by Crippen LogP contribution is -2.27. The number of rotatable bonds is 3. The van der Waals surface area contributed by atoms with Crippen molar-refractivity contribution in [2.24, 2.45) is 0 Å². The van der Waals surface area contributed by atoms with Crippen LogP contribution >= 0.6 is 11.6 Å². The van der Waals surface area contributed by atoms with E-state index in [4.69, 9.17) is 17.3 Å². The van der Waals surface area contributed by atoms with E-state index in [0.29, 0.717) is 12.0 Å². The minimum atomic E-state index is -4.52. The second kappa shape index (κ2) is 6.31. The van der Waals surface area contributed by atoms with Crippen molar-refractivity contribution in [1.29, 1.82) is 0 Å². The van der Waals surface area contributed by atoms with Crippen molar-refractivity contribution in [2.75, 3.05) is 16.4 Å². The Kier molecular flexibility index (Phi) is 4.75. The van der Waals surface area contributed by atoms with E-state index >= 15 is 0 Å². The number of nitrogens with zero attached hydrogens (tertiary/aromatic N) is 3. The fraction of sp³-hybridized carbons (Fsp3) is 0.357. The largest absolute Gasteiger partial charge is 0.417 e. The van der Waals surface area contributed by atoms with Crippen molar-refractivity contribution in [3.63, 3.8) is 0 Å². The van der Waals surface area contributed by atoms with E-state index in [1.54, 1.807) is 0 Å². The summed E-state index contributed by atoms with van der Waals surface area (Å²) in [6.07, 6.45) is -2.57. The highest BCUT2D eigenvalue weighted by Crippen LogP contribution is 2.34. The van der Waals surface area contributed by atoms with Crippen molar-refractivity contribution >= 4 is 34.7 Å². The fourth-order valence-electron chi connectivity index (χ4n) is 1.75. The van der Waals surface area contributed by atoms with Crippen LogP contribution in [-0.4, -0.2) is 20.5 Å². The molecule has 2 rings (SSSR count). The summed E-state index contributed by atoms with van der Waals surface area (Å²) in [6.45, 7) is 5.78. The maximum atomic E-state index is 12.6. The molecule has 0 bridgehead atoms. The third-order valence-corrected chi connectivity index (χ3v) is 3.07. The molecule has 10 heteroatoms. The number of anilines is 4. The minimum Gasteiger partial charge on any atom is -0.393 e. The van der Waals surface area contributed by atoms with Crippen LogP contribution in [0.1, 0.15) is 26.3 Å². The van der Waals surface area contributed by atoms with Crippen LogP contribution in [0.5, 0.6) is 0 Å². The number of pyridine rings is 1. The number of nitrogens with one attached hydrogen (secondary N) is 2. The van der Waals surface area contributed by atoms with Gasteiger partial charge in [0.2, 0.25) is 0 Å². The van der Waals surface area contributed by atoms with Gasteiger partial charge in [-0.25, -0.2) is 15.0 Å². The topological polar surface area (TPSA) is 88.8 Å². The third kappa shape index (κ3) is 4.38. The molecule has 4 N–H and O–H groups in total. The lowest BCUT2D eigenvalue weighted by atomic mass is 10.1. The molecule has 2 heterocycles. The van der Waals surface area contributed by atoms with Crippen LogP contribution in [0.4, 0.5) is 36.3 Å². The highest BCUT2D eigenvalue weighted by Gasteiger charge is 2.31. The quantitative estimate of drug-likeness (QED) is 0.764. The first-order chi connectivity index (χ1) is 11.0. The predicted octanol–water partition coefficient (Wildman–Crippen LogP) is 4.08. The van der Waals surface area contributed by atoms with Gasteiger partial charge in [0.1, 0.15) is 17.8 Å². The molecule has 0 aliphatic rings. The second-order valence-electron chi connectivity index (χ2n) is 6.04. The lowest BCUT2D eigenvalue weighted by molar-refractivity contribution is -0.137. The summed E-state index contributed by atoms with van der Waals surface area (Å²) in [4.78, 5) is 11.7. The van der Waals surface area contributed by atoms with Gasteiger partial charge in [-0.15, -0.1) is 0 Å². The van der Waals surface area contributed by atoms with Gasteiger partial charge in [-0.2, -0.15) is 13.2 Å². The lowest BCUT2D eigenvalue weighted by Gasteiger charge is -2.22. The first-order valence-corrected chi connectivity index (χ1v) is 7.23. The van der Waals surface area contributed by atoms with E-state index in [1.165, 1.54) is 6.33 Å². The molecule has 0 atom stereocenters. The molecule has 2 aromatic heterocycles. The molecule has 6 nitrogen and oxygen atoms in total. The SMILES string of the molecule is CC(C)(C)Nc1ncnc(Nc2ncc(C(F)(F)F)cc2Cl)c1N. The Morgan fingerprint density at radius 2 is 1.67 bits per heavy atom. The third-order valence-electron chi connectivity index (χ3n) is 2.78. The number of alkyl halides is 3. The molecule has 2 aromatic rings. The summed E-state index contributed by atoms with van der Waals surface area (Å²) in [5.41, 5.74) is 4.96. The summed E-state index contributed by atoms with van der Waals surface area (Å²) in [7, 11) is 0. The van der Waals surface area contributed by atoms with Gasteiger partial charge in [0.25, 0.3) is 0 Å². The average molecular weight is 361 g/mol. The number of nitrogens with two attached hydrogens (primary N) is 1. The summed E-state index contributed by atoms with van der Waals surface area (Å²) < 4.78 is 37.9. The van der Waals surface area contributed by atoms with E-state index in [9.17, 15) is 13.2 Å². The Hall–Kier alpha value is -2.29. The van der Waals surface area contributed by atoms with Crippen molar-refractivity contribution < 1.29 is 13.2 Å². The zero-order valence-electron chi connectivity index (χ0n) is 13.2. The van der Waals surface area contributed by atoms with Gasteiger partial charge in [0, 0.05) is 11.7 Å². The number of aromatic nitrogens is 3. The molecule has 0 saturated heterocycles. The monoisotopic (exact) mass is 360 g/mol. The van der Waals surface area contributed by atoms with E-state index in [-0.39, 0.29) is 27.9 Å². The van der Waals surface area contributed by atoms with E-state index in [0.717, 1.165) is 6.07 Å². The molecule has 0 aliphatic heterocycles. The second-order valence-corrected chi connectivity index (χ2v) is 6.44. The van der Waals surface area contributed by atoms with E-state index in [2.05, 4.69) is 25.6 Å². The van der Waals surface area contributed by atoms with Crippen molar-refractivity contribution in [3.8, 4) is 0 Å². The molecule has 0 unspecified atom stereocenters. The molecule has 0 aromatic carbocycles. The Morgan fingerprint density at radius 1 is 1.04 bits per heavy atom. The number of hydrogen-bond donors (Lipinski definition) is 3. The Labute approximate surface area is 141 Å². The molecule has 0 aliphatic carbocycles. The van der Waals surface area contributed by atoms with Crippen LogP contribution in [0.3, 0.4) is 0 Å². The number of nitrogen functional groups attached to an aromatic ring is 1. The Bertz CT molecular complexity index is 742. The smallest absolute Gasteiger partial charge is 0.393 e. The van der Waals surface area contributed by atoms with Gasteiger partial charge in [0.05, 0.1) is 10.6 Å². The summed E-state index contributed by atoms with van der Waals surface area (Å²) in [6, 6.07) is 0.780. The van der Waals surface area contributed by atoms with Gasteiger partial charge in [-0.3, -0.25) is 0 Å². The molecule has 0 amide bonds. The zero-order valence-corrected chi connectivity index (χ0v) is 13.9. The van der Waals surface area contributed by atoms with Crippen LogP contribution in [0.15, 0.2) is 18.6 Å². The van der Waals surface area contributed by atoms with Crippen molar-refractivity contribution in [3.05, 3.63) is 29.2 Å². The van der Waals surface area contributed by atoms with Gasteiger partial charge in [-0.1, -0.05) is 11.6 Å². The van der Waals surface area contributed by atoms with Gasteiger partial charge in [0.15, 0.2) is 11.6 Å². The van der Waals surface area contributed by atoms with Crippen LogP contribution in [0.2, 0.25) is 5.02 Å². The van der Waals surface area contributed by atoms with Gasteiger partial charge in [-0.05, 0) is 26.8 Å². The van der Waals surface area contributed by atoms with Crippen LogP contribution < -0.4 is 16.4 Å². The van der Waals surface area contributed by atoms with E-state index in [1.807, 2.05) is 20.8 Å². The highest BCUT2D eigenvalue weighted by molar-refractivity contribution is 6.33. The fourth-order valence-corrected chi connectivity index (χ4v) is 1.96. The van der Waals surface area contributed by atoms with Crippen LogP contribution in [0, 0.1) is 0 Å². The minimum absolute atomic E-state index is 0.0109. The molecule has 0 spiro atoms. The molecule has 0 radical (unpaired) electrons. The Morgan fingerprint density at radius 3 is 2.21 bits per heavy atom. The molecule has 0 fully saturated rings. The standard InChI is InChI=1S/C14H16ClF3N6/c1-13(2,3)24-12-9(19)11(21-6-22-12)23-10-8(15)4-7(5-20-10)14(16,17)18/h4-6H,19H2,1-3H3,(H2,20,21,22,23,24). The zero-order chi connectivity index (χ0) is 18.1. The first kappa shape index (κ1) is 18.1.